The molecule has 1 fully saturated rings. The maximum absolute atomic E-state index is 12.2. The van der Waals surface area contributed by atoms with Gasteiger partial charge in [0.05, 0.1) is 6.61 Å². The molecule has 1 aliphatic rings. The Morgan fingerprint density at radius 1 is 1.32 bits per heavy atom. The average Bonchev–Trinajstić information content (AvgIpc) is 3.18. The molecule has 0 aliphatic heterocycles. The van der Waals surface area contributed by atoms with Gasteiger partial charge >= 0.3 is 5.97 Å². The lowest BCUT2D eigenvalue weighted by Crippen LogP contribution is -2.41. The number of carbonyl (C=O) groups is 2. The zero-order chi connectivity index (χ0) is 14.3. The molecule has 1 atom stereocenters. The van der Waals surface area contributed by atoms with Crippen molar-refractivity contribution in [3.05, 3.63) is 0 Å². The third kappa shape index (κ3) is 6.05. The smallest absolute Gasteiger partial charge is 0.303 e. The predicted molar refractivity (Wildman–Crippen MR) is 71.9 cm³/mol. The zero-order valence-electron chi connectivity index (χ0n) is 11.9. The van der Waals surface area contributed by atoms with Crippen LogP contribution in [0.25, 0.3) is 0 Å². The summed E-state index contributed by atoms with van der Waals surface area (Å²) >= 11 is 0. The Hall–Kier alpha value is -1.10. The molecule has 1 saturated carbocycles. The zero-order valence-corrected chi connectivity index (χ0v) is 11.9. The normalized spacial score (nSPS) is 16.1. The summed E-state index contributed by atoms with van der Waals surface area (Å²) in [5.74, 6) is -0.0308. The molecule has 1 rings (SSSR count). The highest BCUT2D eigenvalue weighted by molar-refractivity contribution is 5.76. The number of methoxy groups -OCH3 is 1. The van der Waals surface area contributed by atoms with Crippen LogP contribution in [-0.4, -0.2) is 48.2 Å². The molecule has 0 aromatic carbocycles. The van der Waals surface area contributed by atoms with Crippen molar-refractivity contribution in [2.45, 2.75) is 51.5 Å². The van der Waals surface area contributed by atoms with Gasteiger partial charge in [-0.05, 0) is 38.5 Å². The van der Waals surface area contributed by atoms with Gasteiger partial charge in [0.25, 0.3) is 0 Å². The number of unbranched alkanes of at least 4 members (excludes halogenated alkanes) is 1. The third-order valence-electron chi connectivity index (χ3n) is 3.68. The van der Waals surface area contributed by atoms with Gasteiger partial charge in [0.2, 0.25) is 5.91 Å². The van der Waals surface area contributed by atoms with E-state index in [1.54, 1.807) is 7.11 Å². The van der Waals surface area contributed by atoms with Gasteiger partial charge < -0.3 is 14.7 Å². The molecule has 1 amide bonds. The number of amides is 1. The van der Waals surface area contributed by atoms with E-state index >= 15 is 0 Å². The minimum absolute atomic E-state index is 0.127. The number of ether oxygens (including phenoxy) is 1. The van der Waals surface area contributed by atoms with E-state index in [-0.39, 0.29) is 18.4 Å². The Morgan fingerprint density at radius 2 is 1.95 bits per heavy atom. The standard InChI is InChI=1S/C14H25NO4/c1-11(12-7-8-12)15(9-10-19-2)13(16)5-3-4-6-14(17)18/h11-12H,3-10H2,1-2H3,(H,17,18). The average molecular weight is 271 g/mol. The summed E-state index contributed by atoms with van der Waals surface area (Å²) < 4.78 is 5.06. The van der Waals surface area contributed by atoms with Crippen molar-refractivity contribution in [2.24, 2.45) is 5.92 Å². The molecule has 0 aromatic rings. The maximum atomic E-state index is 12.2. The minimum Gasteiger partial charge on any atom is -0.481 e. The second-order valence-corrected chi connectivity index (χ2v) is 5.26. The molecule has 0 saturated heterocycles. The van der Waals surface area contributed by atoms with Gasteiger partial charge in [0, 0.05) is 32.5 Å². The van der Waals surface area contributed by atoms with Crippen LogP contribution in [0, 0.1) is 5.92 Å². The summed E-state index contributed by atoms with van der Waals surface area (Å²) in [6.07, 6.45) is 4.20. The van der Waals surface area contributed by atoms with Crippen LogP contribution in [0.4, 0.5) is 0 Å². The molecule has 0 spiro atoms. The van der Waals surface area contributed by atoms with Gasteiger partial charge in [-0.15, -0.1) is 0 Å². The van der Waals surface area contributed by atoms with Crippen molar-refractivity contribution in [1.82, 2.24) is 4.90 Å². The van der Waals surface area contributed by atoms with Gasteiger partial charge in [-0.3, -0.25) is 9.59 Å². The number of hydrogen-bond donors (Lipinski definition) is 1. The monoisotopic (exact) mass is 271 g/mol. The fraction of sp³-hybridized carbons (Fsp3) is 0.857. The van der Waals surface area contributed by atoms with E-state index in [0.29, 0.717) is 38.3 Å². The maximum Gasteiger partial charge on any atom is 0.303 e. The summed E-state index contributed by atoms with van der Waals surface area (Å²) in [5, 5.41) is 8.56. The van der Waals surface area contributed by atoms with Crippen LogP contribution < -0.4 is 0 Å². The number of carbonyl (C=O) groups excluding carboxylic acids is 1. The lowest BCUT2D eigenvalue weighted by atomic mass is 10.1. The molecular weight excluding hydrogens is 246 g/mol. The lowest BCUT2D eigenvalue weighted by molar-refractivity contribution is -0.138. The Morgan fingerprint density at radius 3 is 2.47 bits per heavy atom. The third-order valence-corrected chi connectivity index (χ3v) is 3.68. The van der Waals surface area contributed by atoms with Gasteiger partial charge in [0.1, 0.15) is 0 Å². The van der Waals surface area contributed by atoms with Crippen LogP contribution >= 0.6 is 0 Å². The van der Waals surface area contributed by atoms with Crippen LogP contribution in [0.5, 0.6) is 0 Å². The molecule has 0 heterocycles. The summed E-state index contributed by atoms with van der Waals surface area (Å²) in [5.41, 5.74) is 0. The molecule has 1 unspecified atom stereocenters. The van der Waals surface area contributed by atoms with E-state index in [2.05, 4.69) is 6.92 Å². The van der Waals surface area contributed by atoms with Crippen LogP contribution in [0.15, 0.2) is 0 Å². The topological polar surface area (TPSA) is 66.8 Å². The van der Waals surface area contributed by atoms with Crippen molar-refractivity contribution in [3.8, 4) is 0 Å². The molecule has 0 radical (unpaired) electrons. The molecule has 5 nitrogen and oxygen atoms in total. The summed E-state index contributed by atoms with van der Waals surface area (Å²) in [6, 6.07) is 0.280. The first kappa shape index (κ1) is 16.0. The quantitative estimate of drug-likeness (QED) is 0.616. The molecule has 1 N–H and O–H groups in total. The van der Waals surface area contributed by atoms with E-state index in [4.69, 9.17) is 9.84 Å². The number of nitrogens with zero attached hydrogens (tertiary/aromatic N) is 1. The molecule has 1 aliphatic carbocycles. The van der Waals surface area contributed by atoms with Crippen molar-refractivity contribution in [1.29, 1.82) is 0 Å². The summed E-state index contributed by atoms with van der Waals surface area (Å²) in [4.78, 5) is 24.5. The van der Waals surface area contributed by atoms with Crippen molar-refractivity contribution >= 4 is 11.9 Å². The van der Waals surface area contributed by atoms with Gasteiger partial charge in [-0.2, -0.15) is 0 Å². The predicted octanol–water partition coefficient (Wildman–Crippen LogP) is 1.90. The second-order valence-electron chi connectivity index (χ2n) is 5.26. The molecule has 0 aromatic heterocycles. The van der Waals surface area contributed by atoms with E-state index in [0.717, 1.165) is 0 Å². The molecule has 5 heteroatoms. The van der Waals surface area contributed by atoms with E-state index in [1.165, 1.54) is 12.8 Å². The molecule has 110 valence electrons. The van der Waals surface area contributed by atoms with E-state index in [1.807, 2.05) is 4.90 Å². The van der Waals surface area contributed by atoms with Crippen LogP contribution in [0.3, 0.4) is 0 Å². The fourth-order valence-electron chi connectivity index (χ4n) is 2.27. The van der Waals surface area contributed by atoms with Crippen molar-refractivity contribution in [2.75, 3.05) is 20.3 Å². The Labute approximate surface area is 114 Å². The first-order valence-corrected chi connectivity index (χ1v) is 7.06. The highest BCUT2D eigenvalue weighted by Crippen LogP contribution is 2.35. The number of carboxylic acids is 1. The first-order chi connectivity index (χ1) is 9.06. The molecule has 19 heavy (non-hydrogen) atoms. The lowest BCUT2D eigenvalue weighted by Gasteiger charge is -2.29. The van der Waals surface area contributed by atoms with Gasteiger partial charge in [-0.1, -0.05) is 0 Å². The minimum atomic E-state index is -0.796. The van der Waals surface area contributed by atoms with E-state index in [9.17, 15) is 9.59 Å². The van der Waals surface area contributed by atoms with Crippen LogP contribution in [0.1, 0.15) is 45.4 Å². The SMILES string of the molecule is COCCN(C(=O)CCCCC(=O)O)C(C)C1CC1. The van der Waals surface area contributed by atoms with Crippen molar-refractivity contribution in [3.63, 3.8) is 0 Å². The highest BCUT2D eigenvalue weighted by atomic mass is 16.5. The molecule has 0 bridgehead atoms. The largest absolute Gasteiger partial charge is 0.481 e. The molecular formula is C14H25NO4. The first-order valence-electron chi connectivity index (χ1n) is 7.06. The van der Waals surface area contributed by atoms with Crippen molar-refractivity contribution < 1.29 is 19.4 Å². The second kappa shape index (κ2) is 8.15. The fourth-order valence-corrected chi connectivity index (χ4v) is 2.27. The summed E-state index contributed by atoms with van der Waals surface area (Å²) in [6.45, 7) is 3.28. The van der Waals surface area contributed by atoms with Crippen LogP contribution in [0.2, 0.25) is 0 Å². The number of rotatable bonds is 10. The van der Waals surface area contributed by atoms with E-state index < -0.39 is 5.97 Å². The van der Waals surface area contributed by atoms with Gasteiger partial charge in [0.15, 0.2) is 0 Å². The Kier molecular flexibility index (Phi) is 6.84. The van der Waals surface area contributed by atoms with Crippen LogP contribution in [-0.2, 0) is 14.3 Å². The highest BCUT2D eigenvalue weighted by Gasteiger charge is 2.33. The Balaban J connectivity index is 2.35. The number of hydrogen-bond acceptors (Lipinski definition) is 3. The number of carboxylic acid groups (broad SMARTS) is 1. The number of aliphatic carboxylic acids is 1. The Bertz CT molecular complexity index is 302. The van der Waals surface area contributed by atoms with Gasteiger partial charge in [-0.25, -0.2) is 0 Å². The summed E-state index contributed by atoms with van der Waals surface area (Å²) in [7, 11) is 1.64.